The standard InChI is InChI=1S/C12H10F4N2O2/c1-7(19)18-11(20,6-10(17-18)12(14,15)16)8-2-4-9(13)5-3-8/h2-5,20H,6H2,1H3. The average Bonchev–Trinajstić information content (AvgIpc) is 2.69. The second kappa shape index (κ2) is 4.55. The normalized spacial score (nSPS) is 22.9. The summed E-state index contributed by atoms with van der Waals surface area (Å²) < 4.78 is 50.9. The monoisotopic (exact) mass is 290 g/mol. The summed E-state index contributed by atoms with van der Waals surface area (Å²) >= 11 is 0. The van der Waals surface area contributed by atoms with Crippen molar-refractivity contribution in [1.82, 2.24) is 5.01 Å². The van der Waals surface area contributed by atoms with Crippen LogP contribution in [0.2, 0.25) is 0 Å². The fourth-order valence-electron chi connectivity index (χ4n) is 1.98. The number of alkyl halides is 3. The van der Waals surface area contributed by atoms with E-state index in [-0.39, 0.29) is 5.56 Å². The number of halogens is 4. The largest absolute Gasteiger partial charge is 0.431 e. The first-order chi connectivity index (χ1) is 9.14. The molecule has 0 radical (unpaired) electrons. The number of benzene rings is 1. The van der Waals surface area contributed by atoms with Gasteiger partial charge in [-0.2, -0.15) is 23.3 Å². The highest BCUT2D eigenvalue weighted by molar-refractivity contribution is 5.94. The smallest absolute Gasteiger partial charge is 0.365 e. The molecule has 1 atom stereocenters. The van der Waals surface area contributed by atoms with Gasteiger partial charge in [-0.15, -0.1) is 0 Å². The number of hydrogen-bond donors (Lipinski definition) is 1. The average molecular weight is 290 g/mol. The summed E-state index contributed by atoms with van der Waals surface area (Å²) in [6.45, 7) is 0.983. The minimum atomic E-state index is -4.75. The minimum absolute atomic E-state index is 0.0444. The second-order valence-electron chi connectivity index (χ2n) is 4.38. The number of carbonyl (C=O) groups is 1. The Balaban J connectivity index is 2.45. The third kappa shape index (κ3) is 2.38. The fourth-order valence-corrected chi connectivity index (χ4v) is 1.98. The van der Waals surface area contributed by atoms with Gasteiger partial charge in [-0.3, -0.25) is 4.79 Å². The predicted molar refractivity (Wildman–Crippen MR) is 60.9 cm³/mol. The van der Waals surface area contributed by atoms with E-state index in [9.17, 15) is 27.5 Å². The van der Waals surface area contributed by atoms with Crippen molar-refractivity contribution >= 4 is 11.6 Å². The molecule has 0 spiro atoms. The van der Waals surface area contributed by atoms with E-state index < -0.39 is 35.8 Å². The van der Waals surface area contributed by atoms with Crippen LogP contribution in [0, 0.1) is 5.82 Å². The van der Waals surface area contributed by atoms with Crippen molar-refractivity contribution < 1.29 is 27.5 Å². The number of hydrogen-bond acceptors (Lipinski definition) is 3. The molecule has 1 unspecified atom stereocenters. The first kappa shape index (κ1) is 14.4. The molecule has 0 fully saturated rings. The van der Waals surface area contributed by atoms with Crippen LogP contribution in [0.3, 0.4) is 0 Å². The summed E-state index contributed by atoms with van der Waals surface area (Å²) in [7, 11) is 0. The van der Waals surface area contributed by atoms with E-state index in [1.54, 1.807) is 0 Å². The van der Waals surface area contributed by atoms with Crippen LogP contribution in [-0.4, -0.2) is 27.9 Å². The van der Waals surface area contributed by atoms with Gasteiger partial charge in [-0.25, -0.2) is 4.39 Å². The van der Waals surface area contributed by atoms with Gasteiger partial charge in [0.15, 0.2) is 5.72 Å². The molecule has 2 rings (SSSR count). The molecule has 8 heteroatoms. The quantitative estimate of drug-likeness (QED) is 0.806. The van der Waals surface area contributed by atoms with E-state index in [2.05, 4.69) is 5.10 Å². The van der Waals surface area contributed by atoms with E-state index >= 15 is 0 Å². The van der Waals surface area contributed by atoms with Crippen molar-refractivity contribution in [2.45, 2.75) is 25.2 Å². The minimum Gasteiger partial charge on any atom is -0.365 e. The first-order valence-electron chi connectivity index (χ1n) is 5.58. The summed E-state index contributed by atoms with van der Waals surface area (Å²) in [5, 5.41) is 13.9. The maximum atomic E-state index is 12.8. The summed E-state index contributed by atoms with van der Waals surface area (Å²) in [6.07, 6.45) is -5.65. The number of carbonyl (C=O) groups excluding carboxylic acids is 1. The molecule has 1 N–H and O–H groups in total. The Labute approximate surface area is 111 Å². The molecular weight excluding hydrogens is 280 g/mol. The third-order valence-electron chi connectivity index (χ3n) is 2.92. The van der Waals surface area contributed by atoms with E-state index in [0.717, 1.165) is 31.2 Å². The Morgan fingerprint density at radius 1 is 1.35 bits per heavy atom. The molecule has 20 heavy (non-hydrogen) atoms. The van der Waals surface area contributed by atoms with Gasteiger partial charge >= 0.3 is 6.18 Å². The zero-order valence-electron chi connectivity index (χ0n) is 10.3. The zero-order chi connectivity index (χ0) is 15.1. The maximum absolute atomic E-state index is 12.8. The Hall–Kier alpha value is -1.96. The molecule has 0 saturated heterocycles. The van der Waals surface area contributed by atoms with Crippen LogP contribution in [0.5, 0.6) is 0 Å². The summed E-state index contributed by atoms with van der Waals surface area (Å²) in [4.78, 5) is 11.4. The Bertz CT molecular complexity index is 568. The number of aliphatic hydroxyl groups is 1. The zero-order valence-corrected chi connectivity index (χ0v) is 10.3. The van der Waals surface area contributed by atoms with Crippen LogP contribution in [0.15, 0.2) is 29.4 Å². The highest BCUT2D eigenvalue weighted by atomic mass is 19.4. The van der Waals surface area contributed by atoms with Crippen molar-refractivity contribution in [3.8, 4) is 0 Å². The first-order valence-corrected chi connectivity index (χ1v) is 5.58. The van der Waals surface area contributed by atoms with E-state index in [0.29, 0.717) is 5.01 Å². The molecule has 108 valence electrons. The number of nitrogens with zero attached hydrogens (tertiary/aromatic N) is 2. The van der Waals surface area contributed by atoms with Crippen LogP contribution >= 0.6 is 0 Å². The summed E-state index contributed by atoms with van der Waals surface area (Å²) in [5.74, 6) is -1.46. The van der Waals surface area contributed by atoms with Crippen molar-refractivity contribution in [2.24, 2.45) is 5.10 Å². The second-order valence-corrected chi connectivity index (χ2v) is 4.38. The SMILES string of the molecule is CC(=O)N1N=C(C(F)(F)F)CC1(O)c1ccc(F)cc1. The fraction of sp³-hybridized carbons (Fsp3) is 0.333. The number of amides is 1. The summed E-state index contributed by atoms with van der Waals surface area (Å²) in [6, 6.07) is 4.19. The highest BCUT2D eigenvalue weighted by Crippen LogP contribution is 2.39. The summed E-state index contributed by atoms with van der Waals surface area (Å²) in [5.41, 5.74) is -3.57. The molecule has 1 aromatic rings. The van der Waals surface area contributed by atoms with Crippen molar-refractivity contribution in [3.63, 3.8) is 0 Å². The number of hydrazone groups is 1. The van der Waals surface area contributed by atoms with Gasteiger partial charge in [-0.05, 0) is 12.1 Å². The van der Waals surface area contributed by atoms with E-state index in [1.165, 1.54) is 0 Å². The lowest BCUT2D eigenvalue weighted by atomic mass is 9.97. The van der Waals surface area contributed by atoms with Crippen LogP contribution in [0.4, 0.5) is 17.6 Å². The molecule has 1 amide bonds. The maximum Gasteiger partial charge on any atom is 0.431 e. The molecule has 1 aliphatic rings. The molecule has 1 aliphatic heterocycles. The van der Waals surface area contributed by atoms with Gasteiger partial charge < -0.3 is 5.11 Å². The van der Waals surface area contributed by atoms with Crippen LogP contribution in [-0.2, 0) is 10.5 Å². The van der Waals surface area contributed by atoms with Gasteiger partial charge in [0.2, 0.25) is 5.91 Å². The molecular formula is C12H10F4N2O2. The van der Waals surface area contributed by atoms with Gasteiger partial charge in [0.25, 0.3) is 0 Å². The van der Waals surface area contributed by atoms with Crippen LogP contribution in [0.25, 0.3) is 0 Å². The topological polar surface area (TPSA) is 52.9 Å². The Morgan fingerprint density at radius 3 is 2.35 bits per heavy atom. The predicted octanol–water partition coefficient (Wildman–Crippen LogP) is 2.14. The lowest BCUT2D eigenvalue weighted by Gasteiger charge is -2.30. The Kier molecular flexibility index (Phi) is 3.29. The molecule has 0 bridgehead atoms. The molecule has 0 aromatic heterocycles. The van der Waals surface area contributed by atoms with Crippen molar-refractivity contribution in [2.75, 3.05) is 0 Å². The van der Waals surface area contributed by atoms with Gasteiger partial charge in [0.05, 0.1) is 6.42 Å². The lowest BCUT2D eigenvalue weighted by molar-refractivity contribution is -0.155. The molecule has 4 nitrogen and oxygen atoms in total. The molecule has 1 aromatic carbocycles. The van der Waals surface area contributed by atoms with E-state index in [1.807, 2.05) is 0 Å². The van der Waals surface area contributed by atoms with Crippen molar-refractivity contribution in [3.05, 3.63) is 35.6 Å². The van der Waals surface area contributed by atoms with Crippen LogP contribution < -0.4 is 0 Å². The van der Waals surface area contributed by atoms with Crippen LogP contribution in [0.1, 0.15) is 18.9 Å². The van der Waals surface area contributed by atoms with Crippen molar-refractivity contribution in [1.29, 1.82) is 0 Å². The molecule has 0 aliphatic carbocycles. The number of rotatable bonds is 1. The van der Waals surface area contributed by atoms with E-state index in [4.69, 9.17) is 0 Å². The highest BCUT2D eigenvalue weighted by Gasteiger charge is 2.52. The Morgan fingerprint density at radius 2 is 1.90 bits per heavy atom. The lowest BCUT2D eigenvalue weighted by Crippen LogP contribution is -2.42. The molecule has 1 heterocycles. The third-order valence-corrected chi connectivity index (χ3v) is 2.92. The van der Waals surface area contributed by atoms with Gasteiger partial charge in [0, 0.05) is 12.5 Å². The molecule has 0 saturated carbocycles. The van der Waals surface area contributed by atoms with Gasteiger partial charge in [-0.1, -0.05) is 12.1 Å². The van der Waals surface area contributed by atoms with Gasteiger partial charge in [0.1, 0.15) is 11.5 Å².